The highest BCUT2D eigenvalue weighted by molar-refractivity contribution is 5.99. The van der Waals surface area contributed by atoms with Crippen molar-refractivity contribution in [1.29, 1.82) is 0 Å². The fourth-order valence-electron chi connectivity index (χ4n) is 3.80. The molecule has 1 atom stereocenters. The zero-order valence-electron chi connectivity index (χ0n) is 18.3. The molecule has 2 heterocycles. The van der Waals surface area contributed by atoms with Crippen molar-refractivity contribution in [2.45, 2.75) is 45.7 Å². The van der Waals surface area contributed by atoms with Crippen LogP contribution in [0.1, 0.15) is 37.4 Å². The number of benzene rings is 1. The first-order valence-electron chi connectivity index (χ1n) is 10.6. The molecule has 1 fully saturated rings. The number of urea groups is 1. The highest BCUT2D eigenvalue weighted by atomic mass is 19.1. The third-order valence-corrected chi connectivity index (χ3v) is 5.58. The van der Waals surface area contributed by atoms with E-state index < -0.39 is 11.8 Å². The molecule has 0 unspecified atom stereocenters. The molecule has 1 aliphatic rings. The van der Waals surface area contributed by atoms with E-state index in [-0.39, 0.29) is 17.6 Å². The Labute approximate surface area is 182 Å². The molecule has 3 rings (SSSR count). The van der Waals surface area contributed by atoms with E-state index in [1.165, 1.54) is 6.07 Å². The van der Waals surface area contributed by atoms with Crippen LogP contribution in [0.15, 0.2) is 36.5 Å². The predicted molar refractivity (Wildman–Crippen MR) is 119 cm³/mol. The van der Waals surface area contributed by atoms with Gasteiger partial charge in [-0.05, 0) is 56.1 Å². The van der Waals surface area contributed by atoms with Crippen molar-refractivity contribution in [3.63, 3.8) is 0 Å². The summed E-state index contributed by atoms with van der Waals surface area (Å²) in [7, 11) is 1.86. The Kier molecular flexibility index (Phi) is 7.57. The first-order chi connectivity index (χ1) is 14.9. The highest BCUT2D eigenvalue weighted by Gasteiger charge is 2.25. The molecule has 2 N–H and O–H groups in total. The van der Waals surface area contributed by atoms with Gasteiger partial charge in [0.2, 0.25) is 5.91 Å². The molecule has 31 heavy (non-hydrogen) atoms. The van der Waals surface area contributed by atoms with Gasteiger partial charge >= 0.3 is 6.03 Å². The first kappa shape index (κ1) is 22.7. The molecule has 0 saturated carbocycles. The van der Waals surface area contributed by atoms with Crippen molar-refractivity contribution in [2.75, 3.05) is 30.8 Å². The maximum Gasteiger partial charge on any atom is 0.323 e. The van der Waals surface area contributed by atoms with E-state index in [9.17, 15) is 14.0 Å². The quantitative estimate of drug-likeness (QED) is 0.730. The van der Waals surface area contributed by atoms with E-state index in [1.807, 2.05) is 25.8 Å². The van der Waals surface area contributed by atoms with E-state index in [4.69, 9.17) is 0 Å². The lowest BCUT2D eigenvalue weighted by molar-refractivity contribution is -0.132. The normalized spacial score (nSPS) is 16.6. The third kappa shape index (κ3) is 6.24. The minimum atomic E-state index is -0.528. The van der Waals surface area contributed by atoms with Crippen LogP contribution in [0.2, 0.25) is 0 Å². The third-order valence-electron chi connectivity index (χ3n) is 5.58. The fraction of sp³-hybridized carbons (Fsp3) is 0.435. The molecule has 0 spiro atoms. The van der Waals surface area contributed by atoms with Gasteiger partial charge in [0.25, 0.3) is 0 Å². The molecule has 0 radical (unpaired) electrons. The number of aryl methyl sites for hydroxylation is 1. The molecule has 166 valence electrons. The van der Waals surface area contributed by atoms with E-state index in [2.05, 4.69) is 20.5 Å². The summed E-state index contributed by atoms with van der Waals surface area (Å²) in [6, 6.07) is 7.94. The zero-order valence-corrected chi connectivity index (χ0v) is 18.3. The monoisotopic (exact) mass is 427 g/mol. The summed E-state index contributed by atoms with van der Waals surface area (Å²) in [4.78, 5) is 32.5. The van der Waals surface area contributed by atoms with Crippen LogP contribution in [0.25, 0.3) is 0 Å². The van der Waals surface area contributed by atoms with Gasteiger partial charge in [-0.15, -0.1) is 0 Å². The average Bonchev–Trinajstić information content (AvgIpc) is 2.76. The SMILES string of the molecule is CCC(=O)N(C)[C@@H]1CCCN(Cc2ccc(F)c(NC(=O)Nc3ccc(C)nc3)c2)C1. The number of nitrogens with zero attached hydrogens (tertiary/aromatic N) is 3. The van der Waals surface area contributed by atoms with Crippen molar-refractivity contribution in [1.82, 2.24) is 14.8 Å². The van der Waals surface area contributed by atoms with Gasteiger partial charge in [-0.3, -0.25) is 14.7 Å². The van der Waals surface area contributed by atoms with Gasteiger partial charge in [0.15, 0.2) is 0 Å². The predicted octanol–water partition coefficient (Wildman–Crippen LogP) is 4.01. The molecule has 7 nitrogen and oxygen atoms in total. The number of rotatable bonds is 6. The molecule has 0 bridgehead atoms. The summed E-state index contributed by atoms with van der Waals surface area (Å²) in [6.45, 7) is 6.06. The van der Waals surface area contributed by atoms with E-state index >= 15 is 0 Å². The Balaban J connectivity index is 1.61. The van der Waals surface area contributed by atoms with Crippen LogP contribution in [-0.4, -0.2) is 52.9 Å². The number of likely N-dealkylation sites (tertiary alicyclic amines) is 1. The highest BCUT2D eigenvalue weighted by Crippen LogP contribution is 2.21. The number of amides is 3. The van der Waals surface area contributed by atoms with Crippen LogP contribution >= 0.6 is 0 Å². The number of hydrogen-bond acceptors (Lipinski definition) is 4. The Morgan fingerprint density at radius 2 is 2.06 bits per heavy atom. The molecule has 1 aromatic heterocycles. The van der Waals surface area contributed by atoms with Gasteiger partial charge in [0.05, 0.1) is 17.6 Å². The number of halogens is 1. The standard InChI is InChI=1S/C23H30FN5O2/c1-4-22(30)28(3)19-6-5-11-29(15-19)14-17-8-10-20(24)21(12-17)27-23(31)26-18-9-7-16(2)25-13-18/h7-10,12-13,19H,4-6,11,14-15H2,1-3H3,(H2,26,27,31)/t19-/m1/s1. The Bertz CT molecular complexity index is 919. The lowest BCUT2D eigenvalue weighted by Gasteiger charge is -2.37. The minimum Gasteiger partial charge on any atom is -0.341 e. The number of piperidine rings is 1. The molecule has 8 heteroatoms. The summed E-state index contributed by atoms with van der Waals surface area (Å²) < 4.78 is 14.3. The van der Waals surface area contributed by atoms with Gasteiger partial charge < -0.3 is 15.5 Å². The van der Waals surface area contributed by atoms with E-state index in [1.54, 1.807) is 30.5 Å². The molecular formula is C23H30FN5O2. The number of nitrogens with one attached hydrogen (secondary N) is 2. The van der Waals surface area contributed by atoms with E-state index in [0.29, 0.717) is 18.7 Å². The number of hydrogen-bond donors (Lipinski definition) is 2. The van der Waals surface area contributed by atoms with Gasteiger partial charge in [-0.1, -0.05) is 13.0 Å². The number of pyridine rings is 1. The number of carbonyl (C=O) groups is 2. The molecule has 1 saturated heterocycles. The van der Waals surface area contributed by atoms with Crippen LogP contribution in [0, 0.1) is 12.7 Å². The summed E-state index contributed by atoms with van der Waals surface area (Å²) in [5.41, 5.74) is 2.40. The lowest BCUT2D eigenvalue weighted by Crippen LogP contribution is -2.48. The van der Waals surface area contributed by atoms with Crippen molar-refractivity contribution < 1.29 is 14.0 Å². The van der Waals surface area contributed by atoms with Crippen LogP contribution < -0.4 is 10.6 Å². The number of aromatic nitrogens is 1. The van der Waals surface area contributed by atoms with Crippen LogP contribution in [0.4, 0.5) is 20.6 Å². The molecule has 1 aliphatic heterocycles. The summed E-state index contributed by atoms with van der Waals surface area (Å²) in [6.07, 6.45) is 4.05. The minimum absolute atomic E-state index is 0.127. The molecule has 1 aromatic carbocycles. The number of likely N-dealkylation sites (N-methyl/N-ethyl adjacent to an activating group) is 1. The zero-order chi connectivity index (χ0) is 22.4. The largest absolute Gasteiger partial charge is 0.341 e. The molecular weight excluding hydrogens is 397 g/mol. The van der Waals surface area contributed by atoms with Crippen LogP contribution in [0.3, 0.4) is 0 Å². The van der Waals surface area contributed by atoms with Gasteiger partial charge in [-0.2, -0.15) is 0 Å². The Morgan fingerprint density at radius 1 is 1.26 bits per heavy atom. The smallest absolute Gasteiger partial charge is 0.323 e. The van der Waals surface area contributed by atoms with Gasteiger partial charge in [-0.25, -0.2) is 9.18 Å². The fourth-order valence-corrected chi connectivity index (χ4v) is 3.80. The van der Waals surface area contributed by atoms with Gasteiger partial charge in [0, 0.05) is 38.3 Å². The second-order valence-electron chi connectivity index (χ2n) is 7.97. The van der Waals surface area contributed by atoms with E-state index in [0.717, 1.165) is 37.2 Å². The number of carbonyl (C=O) groups excluding carboxylic acids is 2. The second kappa shape index (κ2) is 10.3. The van der Waals surface area contributed by atoms with Crippen molar-refractivity contribution >= 4 is 23.3 Å². The molecule has 3 amide bonds. The Morgan fingerprint density at radius 3 is 2.77 bits per heavy atom. The number of anilines is 2. The summed E-state index contributed by atoms with van der Waals surface area (Å²) >= 11 is 0. The topological polar surface area (TPSA) is 77.6 Å². The maximum atomic E-state index is 14.3. The first-order valence-corrected chi connectivity index (χ1v) is 10.6. The molecule has 0 aliphatic carbocycles. The van der Waals surface area contributed by atoms with Crippen molar-refractivity contribution in [3.05, 3.63) is 53.6 Å². The van der Waals surface area contributed by atoms with Crippen LogP contribution in [0.5, 0.6) is 0 Å². The summed E-state index contributed by atoms with van der Waals surface area (Å²) in [5.74, 6) is -0.347. The summed E-state index contributed by atoms with van der Waals surface area (Å²) in [5, 5.41) is 5.23. The van der Waals surface area contributed by atoms with Gasteiger partial charge in [0.1, 0.15) is 5.82 Å². The second-order valence-corrected chi connectivity index (χ2v) is 7.97. The molecule has 2 aromatic rings. The van der Waals surface area contributed by atoms with Crippen LogP contribution in [-0.2, 0) is 11.3 Å². The lowest BCUT2D eigenvalue weighted by atomic mass is 10.0. The van der Waals surface area contributed by atoms with Crippen molar-refractivity contribution in [2.24, 2.45) is 0 Å². The average molecular weight is 428 g/mol. The van der Waals surface area contributed by atoms with Crippen molar-refractivity contribution in [3.8, 4) is 0 Å². The maximum absolute atomic E-state index is 14.3. The Hall–Kier alpha value is -3.00.